The van der Waals surface area contributed by atoms with Crippen molar-refractivity contribution in [2.45, 2.75) is 32.1 Å². The van der Waals surface area contributed by atoms with E-state index in [0.717, 1.165) is 58.4 Å². The SMILES string of the molecule is NCCCNCCCNCCCCC(=O)O. The highest BCUT2D eigenvalue weighted by molar-refractivity contribution is 5.66. The highest BCUT2D eigenvalue weighted by atomic mass is 16.4. The summed E-state index contributed by atoms with van der Waals surface area (Å²) in [6.45, 7) is 4.66. The first-order chi connectivity index (χ1) is 7.77. The predicted molar refractivity (Wildman–Crippen MR) is 65.5 cm³/mol. The summed E-state index contributed by atoms with van der Waals surface area (Å²) in [5, 5.41) is 15.0. The minimum atomic E-state index is -0.705. The number of carbonyl (C=O) groups is 1. The first-order valence-electron chi connectivity index (χ1n) is 6.10. The first-order valence-corrected chi connectivity index (χ1v) is 6.10. The molecule has 0 saturated heterocycles. The number of nitrogens with one attached hydrogen (secondary N) is 2. The molecule has 0 bridgehead atoms. The molecule has 0 spiro atoms. The van der Waals surface area contributed by atoms with Gasteiger partial charge in [0.15, 0.2) is 0 Å². The van der Waals surface area contributed by atoms with Gasteiger partial charge in [0.2, 0.25) is 0 Å². The van der Waals surface area contributed by atoms with Crippen molar-refractivity contribution in [1.82, 2.24) is 10.6 Å². The maximum atomic E-state index is 10.2. The van der Waals surface area contributed by atoms with Gasteiger partial charge in [-0.05, 0) is 58.4 Å². The van der Waals surface area contributed by atoms with Gasteiger partial charge in [0.25, 0.3) is 0 Å². The second kappa shape index (κ2) is 12.4. The number of unbranched alkanes of at least 4 members (excludes halogenated alkanes) is 1. The fraction of sp³-hybridized carbons (Fsp3) is 0.909. The average Bonchev–Trinajstić information content (AvgIpc) is 2.25. The molecule has 0 fully saturated rings. The zero-order valence-electron chi connectivity index (χ0n) is 10.0. The van der Waals surface area contributed by atoms with Crippen LogP contribution in [-0.2, 0) is 4.79 Å². The van der Waals surface area contributed by atoms with E-state index in [0.29, 0.717) is 0 Å². The van der Waals surface area contributed by atoms with Gasteiger partial charge in [-0.2, -0.15) is 0 Å². The zero-order valence-corrected chi connectivity index (χ0v) is 10.0. The lowest BCUT2D eigenvalue weighted by molar-refractivity contribution is -0.137. The van der Waals surface area contributed by atoms with Gasteiger partial charge in [0.1, 0.15) is 0 Å². The summed E-state index contributed by atoms with van der Waals surface area (Å²) in [7, 11) is 0. The van der Waals surface area contributed by atoms with Gasteiger partial charge in [0, 0.05) is 6.42 Å². The number of carboxylic acids is 1. The molecule has 0 aliphatic carbocycles. The molecule has 0 aliphatic heterocycles. The molecule has 0 saturated carbocycles. The first kappa shape index (κ1) is 15.3. The number of aliphatic carboxylic acids is 1. The van der Waals surface area contributed by atoms with Crippen molar-refractivity contribution in [3.63, 3.8) is 0 Å². The summed E-state index contributed by atoms with van der Waals surface area (Å²) < 4.78 is 0. The summed E-state index contributed by atoms with van der Waals surface area (Å²) in [5.41, 5.74) is 5.36. The van der Waals surface area contributed by atoms with Crippen LogP contribution in [0.2, 0.25) is 0 Å². The lowest BCUT2D eigenvalue weighted by Crippen LogP contribution is -2.24. The molecule has 96 valence electrons. The molecule has 0 aromatic heterocycles. The maximum absolute atomic E-state index is 10.2. The fourth-order valence-electron chi connectivity index (χ4n) is 1.34. The van der Waals surface area contributed by atoms with Crippen molar-refractivity contribution in [2.75, 3.05) is 32.7 Å². The Balaban J connectivity index is 2.90. The molecule has 0 amide bonds. The molecule has 0 aliphatic rings. The molecule has 0 unspecified atom stereocenters. The molecule has 0 rings (SSSR count). The summed E-state index contributed by atoms with van der Waals surface area (Å²) in [5.74, 6) is -0.705. The Labute approximate surface area is 97.8 Å². The minimum Gasteiger partial charge on any atom is -0.481 e. The number of carboxylic acid groups (broad SMARTS) is 1. The van der Waals surface area contributed by atoms with Crippen LogP contribution in [-0.4, -0.2) is 43.8 Å². The monoisotopic (exact) mass is 231 g/mol. The van der Waals surface area contributed by atoms with E-state index in [1.165, 1.54) is 0 Å². The van der Waals surface area contributed by atoms with Gasteiger partial charge >= 0.3 is 5.97 Å². The Morgan fingerprint density at radius 1 is 0.938 bits per heavy atom. The van der Waals surface area contributed by atoms with E-state index in [-0.39, 0.29) is 6.42 Å². The van der Waals surface area contributed by atoms with Crippen molar-refractivity contribution >= 4 is 5.97 Å². The van der Waals surface area contributed by atoms with Crippen LogP contribution in [0.15, 0.2) is 0 Å². The quantitative estimate of drug-likeness (QED) is 0.359. The van der Waals surface area contributed by atoms with Crippen LogP contribution in [0.3, 0.4) is 0 Å². The minimum absolute atomic E-state index is 0.280. The molecular formula is C11H25N3O2. The largest absolute Gasteiger partial charge is 0.481 e. The van der Waals surface area contributed by atoms with Crippen molar-refractivity contribution in [3.8, 4) is 0 Å². The summed E-state index contributed by atoms with van der Waals surface area (Å²) in [6, 6.07) is 0. The number of nitrogens with two attached hydrogens (primary N) is 1. The highest BCUT2D eigenvalue weighted by Crippen LogP contribution is 1.93. The van der Waals surface area contributed by atoms with Crippen molar-refractivity contribution in [1.29, 1.82) is 0 Å². The Kier molecular flexibility index (Phi) is 11.9. The molecular weight excluding hydrogens is 206 g/mol. The van der Waals surface area contributed by atoms with Gasteiger partial charge in [-0.1, -0.05) is 0 Å². The summed E-state index contributed by atoms with van der Waals surface area (Å²) in [4.78, 5) is 10.2. The van der Waals surface area contributed by atoms with E-state index in [9.17, 15) is 4.79 Å². The molecule has 0 aromatic rings. The Bertz CT molecular complexity index is 165. The van der Waals surface area contributed by atoms with Gasteiger partial charge in [0.05, 0.1) is 0 Å². The van der Waals surface area contributed by atoms with Crippen LogP contribution in [0.5, 0.6) is 0 Å². The molecule has 0 aromatic carbocycles. The average molecular weight is 231 g/mol. The Morgan fingerprint density at radius 2 is 1.50 bits per heavy atom. The van der Waals surface area contributed by atoms with E-state index in [1.807, 2.05) is 0 Å². The number of rotatable bonds is 12. The number of hydrogen-bond acceptors (Lipinski definition) is 4. The lowest BCUT2D eigenvalue weighted by Gasteiger charge is -2.05. The van der Waals surface area contributed by atoms with Crippen molar-refractivity contribution < 1.29 is 9.90 Å². The third kappa shape index (κ3) is 13.4. The van der Waals surface area contributed by atoms with E-state index in [4.69, 9.17) is 10.8 Å². The van der Waals surface area contributed by atoms with E-state index in [2.05, 4.69) is 10.6 Å². The van der Waals surface area contributed by atoms with Crippen LogP contribution >= 0.6 is 0 Å². The van der Waals surface area contributed by atoms with Crippen molar-refractivity contribution in [2.24, 2.45) is 5.73 Å². The topological polar surface area (TPSA) is 87.4 Å². The van der Waals surface area contributed by atoms with Gasteiger partial charge < -0.3 is 21.5 Å². The molecule has 5 nitrogen and oxygen atoms in total. The number of hydrogen-bond donors (Lipinski definition) is 4. The van der Waals surface area contributed by atoms with Gasteiger partial charge in [-0.15, -0.1) is 0 Å². The molecule has 0 heterocycles. The lowest BCUT2D eigenvalue weighted by atomic mass is 10.2. The highest BCUT2D eigenvalue weighted by Gasteiger charge is 1.95. The summed E-state index contributed by atoms with van der Waals surface area (Å²) >= 11 is 0. The normalized spacial score (nSPS) is 10.6. The van der Waals surface area contributed by atoms with Crippen LogP contribution in [0.4, 0.5) is 0 Å². The van der Waals surface area contributed by atoms with Crippen LogP contribution in [0.25, 0.3) is 0 Å². The van der Waals surface area contributed by atoms with Gasteiger partial charge in [-0.25, -0.2) is 0 Å². The molecule has 0 atom stereocenters. The molecule has 5 heteroatoms. The molecule has 0 radical (unpaired) electrons. The van der Waals surface area contributed by atoms with Crippen LogP contribution in [0.1, 0.15) is 32.1 Å². The Morgan fingerprint density at radius 3 is 2.06 bits per heavy atom. The second-order valence-electron chi connectivity index (χ2n) is 3.85. The third-order valence-corrected chi connectivity index (χ3v) is 2.26. The Hall–Kier alpha value is -0.650. The zero-order chi connectivity index (χ0) is 12.1. The maximum Gasteiger partial charge on any atom is 0.303 e. The third-order valence-electron chi connectivity index (χ3n) is 2.26. The molecule has 5 N–H and O–H groups in total. The summed E-state index contributed by atoms with van der Waals surface area (Å²) in [6.07, 6.45) is 4.11. The van der Waals surface area contributed by atoms with Gasteiger partial charge in [-0.3, -0.25) is 4.79 Å². The van der Waals surface area contributed by atoms with E-state index >= 15 is 0 Å². The smallest absolute Gasteiger partial charge is 0.303 e. The second-order valence-corrected chi connectivity index (χ2v) is 3.85. The van der Waals surface area contributed by atoms with E-state index < -0.39 is 5.97 Å². The van der Waals surface area contributed by atoms with Crippen LogP contribution in [0, 0.1) is 0 Å². The fourth-order valence-corrected chi connectivity index (χ4v) is 1.34. The van der Waals surface area contributed by atoms with E-state index in [1.54, 1.807) is 0 Å². The predicted octanol–water partition coefficient (Wildman–Crippen LogP) is 0.159. The van der Waals surface area contributed by atoms with Crippen LogP contribution < -0.4 is 16.4 Å². The standard InChI is InChI=1S/C11H25N3O2/c12-6-3-8-14-10-4-9-13-7-2-1-5-11(15)16/h13-14H,1-10,12H2,(H,15,16). The van der Waals surface area contributed by atoms with Crippen molar-refractivity contribution in [3.05, 3.63) is 0 Å². The molecule has 16 heavy (non-hydrogen) atoms.